The van der Waals surface area contributed by atoms with Crippen molar-refractivity contribution in [2.75, 3.05) is 0 Å². The summed E-state index contributed by atoms with van der Waals surface area (Å²) in [5.74, 6) is 3.44. The molecule has 32 heavy (non-hydrogen) atoms. The van der Waals surface area contributed by atoms with Crippen LogP contribution < -0.4 is 0 Å². The molecule has 0 aromatic carbocycles. The molecule has 0 aliphatic heterocycles. The molecule has 0 aromatic rings. The number of fused-ring (bicyclic) bond motifs is 5. The fraction of sp³-hybridized carbons (Fsp3) is 0.862. The van der Waals surface area contributed by atoms with Crippen LogP contribution in [0.3, 0.4) is 0 Å². The number of aliphatic hydroxyl groups excluding tert-OH is 2. The summed E-state index contributed by atoms with van der Waals surface area (Å²) in [5.41, 5.74) is 0.159. The summed E-state index contributed by atoms with van der Waals surface area (Å²) in [5, 5.41) is 33.0. The van der Waals surface area contributed by atoms with Gasteiger partial charge in [0.1, 0.15) is 11.7 Å². The van der Waals surface area contributed by atoms with Crippen LogP contribution in [0, 0.1) is 46.3 Å². The number of allylic oxidation sites excluding steroid dienone is 3. The molecule has 3 heteroatoms. The highest BCUT2D eigenvalue weighted by Crippen LogP contribution is 2.67. The standard InChI is InChI=1S/C29H48O3/c1-7-20(18(2)3)9-8-19(4)23-10-11-24-22-16-26(31)29(32)17-21(30)12-15-28(29,6)25(22)13-14-27(23,24)5/h8-9,16,18-21,23-26,30-32H,7,10-15,17H2,1-6H3/b9-8+/t19-,20-,21+,23-,24+,25+,26-,27-,28-,29+/m1/s1. The lowest BCUT2D eigenvalue weighted by Gasteiger charge is -2.62. The average Bonchev–Trinajstić information content (AvgIpc) is 3.08. The molecule has 0 radical (unpaired) electrons. The minimum Gasteiger partial charge on any atom is -0.393 e. The molecular formula is C29H48O3. The maximum atomic E-state index is 11.6. The van der Waals surface area contributed by atoms with Gasteiger partial charge in [-0.1, -0.05) is 65.3 Å². The molecule has 4 aliphatic carbocycles. The molecule has 0 bridgehead atoms. The van der Waals surface area contributed by atoms with Crippen LogP contribution >= 0.6 is 0 Å². The van der Waals surface area contributed by atoms with Crippen molar-refractivity contribution in [3.63, 3.8) is 0 Å². The lowest BCUT2D eigenvalue weighted by Crippen LogP contribution is -2.65. The first-order chi connectivity index (χ1) is 15.0. The summed E-state index contributed by atoms with van der Waals surface area (Å²) in [6, 6.07) is 0. The fourth-order valence-electron chi connectivity index (χ4n) is 8.73. The molecule has 0 saturated heterocycles. The van der Waals surface area contributed by atoms with Crippen LogP contribution in [0.4, 0.5) is 0 Å². The van der Waals surface area contributed by atoms with Gasteiger partial charge in [0, 0.05) is 11.8 Å². The topological polar surface area (TPSA) is 60.7 Å². The van der Waals surface area contributed by atoms with Crippen LogP contribution in [0.1, 0.15) is 92.9 Å². The zero-order chi connectivity index (χ0) is 23.5. The predicted molar refractivity (Wildman–Crippen MR) is 131 cm³/mol. The summed E-state index contributed by atoms with van der Waals surface area (Å²) in [6.45, 7) is 14.1. The molecule has 182 valence electrons. The van der Waals surface area contributed by atoms with Crippen molar-refractivity contribution in [1.82, 2.24) is 0 Å². The Kier molecular flexibility index (Phi) is 6.53. The van der Waals surface area contributed by atoms with Gasteiger partial charge in [-0.15, -0.1) is 0 Å². The van der Waals surface area contributed by atoms with Crippen LogP contribution in [-0.2, 0) is 0 Å². The van der Waals surface area contributed by atoms with E-state index < -0.39 is 17.8 Å². The lowest BCUT2D eigenvalue weighted by atomic mass is 9.45. The molecule has 0 unspecified atom stereocenters. The number of hydrogen-bond acceptors (Lipinski definition) is 3. The molecule has 0 amide bonds. The van der Waals surface area contributed by atoms with Gasteiger partial charge in [0.15, 0.2) is 0 Å². The summed E-state index contributed by atoms with van der Waals surface area (Å²) < 4.78 is 0. The minimum absolute atomic E-state index is 0.269. The fourth-order valence-corrected chi connectivity index (χ4v) is 8.73. The van der Waals surface area contributed by atoms with E-state index in [4.69, 9.17) is 0 Å². The van der Waals surface area contributed by atoms with Gasteiger partial charge < -0.3 is 15.3 Å². The number of aliphatic hydroxyl groups is 3. The maximum absolute atomic E-state index is 11.6. The Morgan fingerprint density at radius 2 is 1.72 bits per heavy atom. The van der Waals surface area contributed by atoms with E-state index in [-0.39, 0.29) is 10.8 Å². The largest absolute Gasteiger partial charge is 0.393 e. The van der Waals surface area contributed by atoms with E-state index in [1.165, 1.54) is 31.3 Å². The molecule has 3 N–H and O–H groups in total. The number of hydrogen-bond donors (Lipinski definition) is 3. The van der Waals surface area contributed by atoms with Crippen LogP contribution in [0.25, 0.3) is 0 Å². The van der Waals surface area contributed by atoms with Crippen LogP contribution in [-0.4, -0.2) is 33.1 Å². The van der Waals surface area contributed by atoms with Crippen LogP contribution in [0.5, 0.6) is 0 Å². The first-order valence-electron chi connectivity index (χ1n) is 13.5. The molecule has 4 rings (SSSR count). The molecule has 3 fully saturated rings. The zero-order valence-electron chi connectivity index (χ0n) is 21.3. The van der Waals surface area contributed by atoms with Crippen molar-refractivity contribution in [3.8, 4) is 0 Å². The van der Waals surface area contributed by atoms with E-state index in [0.29, 0.717) is 41.9 Å². The van der Waals surface area contributed by atoms with Crippen molar-refractivity contribution >= 4 is 0 Å². The quantitative estimate of drug-likeness (QED) is 0.464. The van der Waals surface area contributed by atoms with Crippen molar-refractivity contribution in [2.45, 2.75) is 111 Å². The third-order valence-corrected chi connectivity index (χ3v) is 11.0. The van der Waals surface area contributed by atoms with Gasteiger partial charge in [-0.05, 0) is 85.9 Å². The summed E-state index contributed by atoms with van der Waals surface area (Å²) in [4.78, 5) is 0. The molecular weight excluding hydrogens is 396 g/mol. The highest BCUT2D eigenvalue weighted by atomic mass is 16.3. The van der Waals surface area contributed by atoms with Gasteiger partial charge in [0.2, 0.25) is 0 Å². The van der Waals surface area contributed by atoms with E-state index >= 15 is 0 Å². The Labute approximate surface area is 196 Å². The second-order valence-electron chi connectivity index (χ2n) is 12.7. The monoisotopic (exact) mass is 444 g/mol. The molecule has 10 atom stereocenters. The predicted octanol–water partition coefficient (Wildman–Crippen LogP) is 5.89. The van der Waals surface area contributed by atoms with E-state index in [1.807, 2.05) is 6.08 Å². The van der Waals surface area contributed by atoms with Crippen LogP contribution in [0.2, 0.25) is 0 Å². The SMILES string of the molecule is CC[C@H](/C=C/[C@@H](C)[C@H]1CC[C@H]2C3=C[C@@H](O)[C@@]4(O)C[C@@H](O)CC[C@]4(C)[C@H]3CC[C@]12C)C(C)C. The highest BCUT2D eigenvalue weighted by molar-refractivity contribution is 5.33. The van der Waals surface area contributed by atoms with E-state index in [0.717, 1.165) is 19.3 Å². The van der Waals surface area contributed by atoms with E-state index in [1.54, 1.807) is 0 Å². The molecule has 3 nitrogen and oxygen atoms in total. The zero-order valence-corrected chi connectivity index (χ0v) is 21.3. The Morgan fingerprint density at radius 1 is 1.00 bits per heavy atom. The number of rotatable bonds is 5. The average molecular weight is 445 g/mol. The normalized spacial score (nSPS) is 48.2. The first kappa shape index (κ1) is 24.5. The highest BCUT2D eigenvalue weighted by Gasteiger charge is 2.64. The second kappa shape index (κ2) is 8.54. The van der Waals surface area contributed by atoms with Gasteiger partial charge >= 0.3 is 0 Å². The molecule has 3 saturated carbocycles. The molecule has 4 aliphatic rings. The van der Waals surface area contributed by atoms with Gasteiger partial charge in [0.05, 0.1) is 6.10 Å². The second-order valence-corrected chi connectivity index (χ2v) is 12.7. The maximum Gasteiger partial charge on any atom is 0.102 e. The molecule has 0 heterocycles. The summed E-state index contributed by atoms with van der Waals surface area (Å²) >= 11 is 0. The first-order valence-corrected chi connectivity index (χ1v) is 13.5. The van der Waals surface area contributed by atoms with E-state index in [9.17, 15) is 15.3 Å². The smallest absolute Gasteiger partial charge is 0.102 e. The Hall–Kier alpha value is -0.640. The van der Waals surface area contributed by atoms with E-state index in [2.05, 4.69) is 53.7 Å². The summed E-state index contributed by atoms with van der Waals surface area (Å²) in [6.07, 6.45) is 13.4. The Morgan fingerprint density at radius 3 is 2.38 bits per heavy atom. The Bertz CT molecular complexity index is 756. The van der Waals surface area contributed by atoms with Gasteiger partial charge in [-0.2, -0.15) is 0 Å². The summed E-state index contributed by atoms with van der Waals surface area (Å²) in [7, 11) is 0. The van der Waals surface area contributed by atoms with Gasteiger partial charge in [-0.3, -0.25) is 0 Å². The third kappa shape index (κ3) is 3.57. The van der Waals surface area contributed by atoms with Crippen LogP contribution in [0.15, 0.2) is 23.8 Å². The van der Waals surface area contributed by atoms with Crippen molar-refractivity contribution < 1.29 is 15.3 Å². The van der Waals surface area contributed by atoms with Crippen molar-refractivity contribution in [1.29, 1.82) is 0 Å². The van der Waals surface area contributed by atoms with Gasteiger partial charge in [-0.25, -0.2) is 0 Å². The third-order valence-electron chi connectivity index (χ3n) is 11.0. The Balaban J connectivity index is 1.60. The van der Waals surface area contributed by atoms with Crippen molar-refractivity contribution in [3.05, 3.63) is 23.8 Å². The minimum atomic E-state index is -1.20. The van der Waals surface area contributed by atoms with Gasteiger partial charge in [0.25, 0.3) is 0 Å². The molecule has 0 spiro atoms. The molecule has 0 aromatic heterocycles. The van der Waals surface area contributed by atoms with Crippen molar-refractivity contribution in [2.24, 2.45) is 46.3 Å². The lowest BCUT2D eigenvalue weighted by molar-refractivity contribution is -0.210.